The van der Waals surface area contributed by atoms with Crippen molar-refractivity contribution in [2.75, 3.05) is 13.3 Å². The van der Waals surface area contributed by atoms with E-state index in [0.29, 0.717) is 18.8 Å². The van der Waals surface area contributed by atoms with Crippen molar-refractivity contribution in [1.29, 1.82) is 0 Å². The van der Waals surface area contributed by atoms with Crippen LogP contribution in [0, 0.1) is 17.8 Å². The van der Waals surface area contributed by atoms with Gasteiger partial charge in [-0.3, -0.25) is 10.1 Å². The number of hydrogen-bond donors (Lipinski definition) is 1. The van der Waals surface area contributed by atoms with Gasteiger partial charge in [0.1, 0.15) is 11.5 Å². The number of allylic oxidation sites excluding steroid dienone is 2. The lowest BCUT2D eigenvalue weighted by atomic mass is 9.91. The largest absolute Gasteiger partial charge is 0.511 e. The quantitative estimate of drug-likeness (QED) is 0.222. The number of carbonyl (C=O) groups excluding carboxylic acids is 2. The molecule has 1 aliphatic carbocycles. The minimum atomic E-state index is -2.16. The summed E-state index contributed by atoms with van der Waals surface area (Å²) >= 11 is 0. The highest BCUT2D eigenvalue weighted by molar-refractivity contribution is 7.39. The minimum Gasteiger partial charge on any atom is -0.469 e. The first-order valence-electron chi connectivity index (χ1n) is 10.3. The van der Waals surface area contributed by atoms with Crippen molar-refractivity contribution in [3.63, 3.8) is 0 Å². The Morgan fingerprint density at radius 1 is 1.24 bits per heavy atom. The molecule has 29 heavy (non-hydrogen) atoms. The highest BCUT2D eigenvalue weighted by Crippen LogP contribution is 2.33. The third kappa shape index (κ3) is 11.3. The van der Waals surface area contributed by atoms with Crippen LogP contribution >= 0.6 is 8.03 Å². The summed E-state index contributed by atoms with van der Waals surface area (Å²) in [6, 6.07) is 0. The molecule has 0 saturated carbocycles. The number of ether oxygens (including phenoxy) is 2. The van der Waals surface area contributed by atoms with Gasteiger partial charge in [-0.25, -0.2) is 4.79 Å². The molecule has 1 rings (SSSR count). The summed E-state index contributed by atoms with van der Waals surface area (Å²) in [5.74, 6) is -0.300. The molecule has 0 saturated heterocycles. The van der Waals surface area contributed by atoms with E-state index in [4.69, 9.17) is 14.0 Å². The van der Waals surface area contributed by atoms with Crippen LogP contribution in [-0.2, 0) is 23.4 Å². The smallest absolute Gasteiger partial charge is 0.469 e. The Labute approximate surface area is 175 Å². The molecule has 8 heteroatoms. The van der Waals surface area contributed by atoms with Gasteiger partial charge < -0.3 is 9.47 Å². The fraction of sp³-hybridized carbons (Fsp3) is 0.810. The molecule has 4 unspecified atom stereocenters. The van der Waals surface area contributed by atoms with Crippen LogP contribution < -0.4 is 5.32 Å². The first-order valence-corrected chi connectivity index (χ1v) is 11.7. The Morgan fingerprint density at radius 3 is 2.45 bits per heavy atom. The number of carbonyl (C=O) groups is 2. The van der Waals surface area contributed by atoms with E-state index in [1.165, 1.54) is 7.11 Å². The van der Waals surface area contributed by atoms with E-state index < -0.39 is 31.9 Å². The molecule has 1 amide bonds. The monoisotopic (exact) mass is 430 g/mol. The topological polar surface area (TPSA) is 90.9 Å². The number of rotatable bonds is 10. The van der Waals surface area contributed by atoms with Crippen molar-refractivity contribution in [1.82, 2.24) is 5.32 Å². The van der Waals surface area contributed by atoms with Gasteiger partial charge in [-0.1, -0.05) is 26.0 Å². The summed E-state index contributed by atoms with van der Waals surface area (Å²) in [5, 5.41) is 2.70. The Kier molecular flexibility index (Phi) is 10.8. The molecule has 0 spiro atoms. The third-order valence-electron chi connectivity index (χ3n) is 4.51. The molecule has 0 radical (unpaired) electrons. The molecule has 0 heterocycles. The van der Waals surface area contributed by atoms with Crippen LogP contribution in [0.4, 0.5) is 4.79 Å². The second kappa shape index (κ2) is 12.3. The maximum Gasteiger partial charge on any atom is 0.511 e. The molecule has 0 aliphatic heterocycles. The predicted octanol–water partition coefficient (Wildman–Crippen LogP) is 5.18. The minimum absolute atomic E-state index is 0.0667. The maximum absolute atomic E-state index is 12.7. The number of esters is 1. The zero-order valence-corrected chi connectivity index (χ0v) is 19.5. The van der Waals surface area contributed by atoms with Crippen LogP contribution in [0.3, 0.4) is 0 Å². The lowest BCUT2D eigenvalue weighted by Crippen LogP contribution is -2.41. The van der Waals surface area contributed by atoms with E-state index in [-0.39, 0.29) is 18.0 Å². The summed E-state index contributed by atoms with van der Waals surface area (Å²) < 4.78 is 28.6. The van der Waals surface area contributed by atoms with Gasteiger partial charge in [0.2, 0.25) is 0 Å². The number of amides is 1. The van der Waals surface area contributed by atoms with Crippen molar-refractivity contribution in [2.45, 2.75) is 78.6 Å². The average molecular weight is 431 g/mol. The number of alkyl carbamates (subject to hydrolysis) is 1. The second-order valence-corrected chi connectivity index (χ2v) is 10.2. The second-order valence-electron chi connectivity index (χ2n) is 8.99. The Bertz CT molecular complexity index is 584. The first kappa shape index (κ1) is 25.6. The fourth-order valence-corrected chi connectivity index (χ4v) is 4.45. The molecular formula is C21H37NO6P+. The van der Waals surface area contributed by atoms with Crippen molar-refractivity contribution in [3.05, 3.63) is 12.2 Å². The molecule has 0 aromatic rings. The molecule has 4 atom stereocenters. The normalized spacial score (nSPS) is 19.4. The molecule has 0 aromatic carbocycles. The molecular weight excluding hydrogens is 393 g/mol. The lowest BCUT2D eigenvalue weighted by molar-refractivity contribution is -0.145. The van der Waals surface area contributed by atoms with Crippen LogP contribution in [0.15, 0.2) is 12.2 Å². The molecule has 7 nitrogen and oxygen atoms in total. The zero-order valence-electron chi connectivity index (χ0n) is 18.6. The van der Waals surface area contributed by atoms with Crippen molar-refractivity contribution in [3.8, 4) is 0 Å². The Morgan fingerprint density at radius 2 is 1.93 bits per heavy atom. The maximum atomic E-state index is 12.7. The SMILES string of the molecule is COC(=O)C(CC(C)C)C[P+](=O)OC(CC1CC=CCC1)NC(=O)OC(C)(C)C. The summed E-state index contributed by atoms with van der Waals surface area (Å²) in [5.41, 5.74) is -0.641. The van der Waals surface area contributed by atoms with Crippen LogP contribution in [0.2, 0.25) is 0 Å². The van der Waals surface area contributed by atoms with Crippen molar-refractivity contribution >= 4 is 20.1 Å². The summed E-state index contributed by atoms with van der Waals surface area (Å²) in [6.45, 7) is 9.33. The van der Waals surface area contributed by atoms with Crippen molar-refractivity contribution < 1.29 is 28.2 Å². The average Bonchev–Trinajstić information content (AvgIpc) is 2.59. The van der Waals surface area contributed by atoms with Crippen LogP contribution in [0.5, 0.6) is 0 Å². The summed E-state index contributed by atoms with van der Waals surface area (Å²) in [6.07, 6.45) is 6.95. The van der Waals surface area contributed by atoms with E-state index in [0.717, 1.165) is 19.3 Å². The van der Waals surface area contributed by atoms with E-state index in [9.17, 15) is 14.2 Å². The molecule has 0 bridgehead atoms. The highest BCUT2D eigenvalue weighted by Gasteiger charge is 2.36. The Balaban J connectivity index is 2.76. The van der Waals surface area contributed by atoms with Gasteiger partial charge in [-0.15, -0.1) is 4.52 Å². The van der Waals surface area contributed by atoms with Crippen LogP contribution in [-0.4, -0.2) is 37.2 Å². The number of nitrogens with one attached hydrogen (secondary N) is 1. The standard InChI is InChI=1S/C21H36NO6P/c1-15(2)12-17(19(23)26-6)14-29(25)28-18(13-16-10-8-7-9-11-16)22-20(24)27-21(3,4)5/h7-8,15-18H,9-14H2,1-6H3/p+1. The molecule has 166 valence electrons. The third-order valence-corrected chi connectivity index (χ3v) is 5.74. The van der Waals surface area contributed by atoms with E-state index in [1.54, 1.807) is 20.8 Å². The molecule has 1 N–H and O–H groups in total. The lowest BCUT2D eigenvalue weighted by Gasteiger charge is -2.24. The van der Waals surface area contributed by atoms with Gasteiger partial charge in [0.05, 0.1) is 7.11 Å². The van der Waals surface area contributed by atoms with Crippen molar-refractivity contribution in [2.24, 2.45) is 17.8 Å². The first-order chi connectivity index (χ1) is 13.5. The van der Waals surface area contributed by atoms with E-state index >= 15 is 0 Å². The van der Waals surface area contributed by atoms with E-state index in [1.807, 2.05) is 13.8 Å². The summed E-state index contributed by atoms with van der Waals surface area (Å²) in [7, 11) is -0.831. The van der Waals surface area contributed by atoms with Gasteiger partial charge in [-0.2, -0.15) is 0 Å². The molecule has 1 aliphatic rings. The Hall–Kier alpha value is -1.46. The molecule has 0 fully saturated rings. The van der Waals surface area contributed by atoms with Gasteiger partial charge >= 0.3 is 20.1 Å². The van der Waals surface area contributed by atoms with Crippen LogP contribution in [0.1, 0.15) is 66.7 Å². The van der Waals surface area contributed by atoms with Gasteiger partial charge in [-0.05, 0) is 62.9 Å². The molecule has 0 aromatic heterocycles. The van der Waals surface area contributed by atoms with Gasteiger partial charge in [0.25, 0.3) is 0 Å². The number of methoxy groups -OCH3 is 1. The van der Waals surface area contributed by atoms with E-state index in [2.05, 4.69) is 17.5 Å². The van der Waals surface area contributed by atoms with Gasteiger partial charge in [0, 0.05) is 6.42 Å². The van der Waals surface area contributed by atoms with Gasteiger partial charge in [0.15, 0.2) is 12.4 Å². The zero-order chi connectivity index (χ0) is 22.0. The summed E-state index contributed by atoms with van der Waals surface area (Å²) in [4.78, 5) is 24.2. The fourth-order valence-electron chi connectivity index (χ4n) is 3.29. The number of hydrogen-bond acceptors (Lipinski definition) is 6. The van der Waals surface area contributed by atoms with Crippen LogP contribution in [0.25, 0.3) is 0 Å². The predicted molar refractivity (Wildman–Crippen MR) is 113 cm³/mol. The highest BCUT2D eigenvalue weighted by atomic mass is 31.1.